The van der Waals surface area contributed by atoms with Gasteiger partial charge in [-0.15, -0.1) is 0 Å². The molecule has 1 atom stereocenters. The van der Waals surface area contributed by atoms with Gasteiger partial charge in [-0.25, -0.2) is 4.79 Å². The van der Waals surface area contributed by atoms with E-state index < -0.39 is 12.1 Å². The van der Waals surface area contributed by atoms with Gasteiger partial charge in [0, 0.05) is 11.1 Å². The van der Waals surface area contributed by atoms with Gasteiger partial charge in [0.05, 0.1) is 16.8 Å². The van der Waals surface area contributed by atoms with Gasteiger partial charge in [-0.3, -0.25) is 9.78 Å². The number of hydrogen-bond acceptors (Lipinski definition) is 4. The first kappa shape index (κ1) is 20.5. The average molecular weight is 390 g/mol. The van der Waals surface area contributed by atoms with Crippen molar-refractivity contribution in [1.29, 1.82) is 0 Å². The lowest BCUT2D eigenvalue weighted by Gasteiger charge is -2.18. The molecule has 0 saturated carbocycles. The summed E-state index contributed by atoms with van der Waals surface area (Å²) in [5.41, 5.74) is 6.45. The number of para-hydroxylation sites is 1. The third-order valence-electron chi connectivity index (χ3n) is 5.12. The number of fused-ring (bicyclic) bond motifs is 1. The molecule has 0 bridgehead atoms. The summed E-state index contributed by atoms with van der Waals surface area (Å²) in [5.74, 6) is -0.907. The maximum absolute atomic E-state index is 12.8. The Labute approximate surface area is 171 Å². The molecule has 0 fully saturated rings. The van der Waals surface area contributed by atoms with Gasteiger partial charge in [0.25, 0.3) is 5.91 Å². The van der Waals surface area contributed by atoms with Crippen LogP contribution in [0.5, 0.6) is 0 Å². The van der Waals surface area contributed by atoms with Crippen molar-refractivity contribution >= 4 is 28.5 Å². The van der Waals surface area contributed by atoms with Crippen LogP contribution in [0.3, 0.4) is 0 Å². The molecule has 0 aliphatic carbocycles. The molecule has 1 unspecified atom stereocenters. The predicted octanol–water partition coefficient (Wildman–Crippen LogP) is 4.96. The Morgan fingerprint density at radius 1 is 1.00 bits per heavy atom. The summed E-state index contributed by atoms with van der Waals surface area (Å²) in [6, 6.07) is 11.7. The Morgan fingerprint density at radius 2 is 1.62 bits per heavy atom. The van der Waals surface area contributed by atoms with E-state index >= 15 is 0 Å². The fourth-order valence-corrected chi connectivity index (χ4v) is 3.71. The number of aromatic nitrogens is 1. The average Bonchev–Trinajstić information content (AvgIpc) is 2.64. The molecule has 5 heteroatoms. The Kier molecular flexibility index (Phi) is 5.69. The van der Waals surface area contributed by atoms with Crippen LogP contribution in [-0.2, 0) is 9.53 Å². The smallest absolute Gasteiger partial charge is 0.341 e. The minimum Gasteiger partial charge on any atom is -0.449 e. The summed E-state index contributed by atoms with van der Waals surface area (Å²) in [5, 5.41) is 3.79. The van der Waals surface area contributed by atoms with Crippen molar-refractivity contribution in [2.24, 2.45) is 0 Å². The first-order valence-electron chi connectivity index (χ1n) is 9.64. The van der Waals surface area contributed by atoms with Crippen molar-refractivity contribution in [1.82, 2.24) is 4.98 Å². The highest BCUT2D eigenvalue weighted by Gasteiger charge is 2.24. The van der Waals surface area contributed by atoms with Crippen molar-refractivity contribution in [3.05, 3.63) is 69.9 Å². The molecule has 0 aliphatic heterocycles. The SMILES string of the molecule is Cc1cc(C)c(NC(=O)C(C)OC(=O)c2c(C)nc3ccccc3c2C)c(C)c1. The summed E-state index contributed by atoms with van der Waals surface area (Å²) >= 11 is 0. The zero-order chi connectivity index (χ0) is 21.3. The van der Waals surface area contributed by atoms with Crippen molar-refractivity contribution in [3.63, 3.8) is 0 Å². The summed E-state index contributed by atoms with van der Waals surface area (Å²) in [7, 11) is 0. The van der Waals surface area contributed by atoms with Gasteiger partial charge in [0.15, 0.2) is 6.10 Å². The number of nitrogens with one attached hydrogen (secondary N) is 1. The summed E-state index contributed by atoms with van der Waals surface area (Å²) < 4.78 is 5.49. The van der Waals surface area contributed by atoms with Crippen molar-refractivity contribution < 1.29 is 14.3 Å². The molecule has 0 aliphatic rings. The van der Waals surface area contributed by atoms with E-state index in [0.717, 1.165) is 38.8 Å². The molecule has 1 heterocycles. The lowest BCUT2D eigenvalue weighted by atomic mass is 10.0. The largest absolute Gasteiger partial charge is 0.449 e. The number of carbonyl (C=O) groups excluding carboxylic acids is 2. The molecule has 29 heavy (non-hydrogen) atoms. The number of carbonyl (C=O) groups is 2. The van der Waals surface area contributed by atoms with E-state index in [1.807, 2.05) is 64.1 Å². The van der Waals surface area contributed by atoms with Gasteiger partial charge in [0.1, 0.15) is 0 Å². The van der Waals surface area contributed by atoms with Crippen LogP contribution in [0.2, 0.25) is 0 Å². The standard InChI is InChI=1S/C24H26N2O3/c1-13-11-14(2)22(15(3)12-13)26-23(27)18(6)29-24(28)21-16(4)19-9-7-8-10-20(19)25-17(21)5/h7-12,18H,1-6H3,(H,26,27). The minimum atomic E-state index is -0.937. The Bertz CT molecular complexity index is 1100. The van der Waals surface area contributed by atoms with Crippen LogP contribution in [0, 0.1) is 34.6 Å². The van der Waals surface area contributed by atoms with Crippen molar-refractivity contribution in [2.45, 2.75) is 47.6 Å². The molecular weight excluding hydrogens is 364 g/mol. The summed E-state index contributed by atoms with van der Waals surface area (Å²) in [6.07, 6.45) is -0.937. The quantitative estimate of drug-likeness (QED) is 0.639. The maximum Gasteiger partial charge on any atom is 0.341 e. The molecule has 1 N–H and O–H groups in total. The second-order valence-electron chi connectivity index (χ2n) is 7.52. The van der Waals surface area contributed by atoms with Crippen LogP contribution in [0.25, 0.3) is 10.9 Å². The van der Waals surface area contributed by atoms with Crippen LogP contribution < -0.4 is 5.32 Å². The lowest BCUT2D eigenvalue weighted by Crippen LogP contribution is -2.31. The number of ether oxygens (including phenoxy) is 1. The van der Waals surface area contributed by atoms with E-state index in [1.165, 1.54) is 0 Å². The number of anilines is 1. The van der Waals surface area contributed by atoms with Gasteiger partial charge in [-0.05, 0) is 64.3 Å². The monoisotopic (exact) mass is 390 g/mol. The van der Waals surface area contributed by atoms with E-state index in [4.69, 9.17) is 4.74 Å². The van der Waals surface area contributed by atoms with Crippen LogP contribution >= 0.6 is 0 Å². The van der Waals surface area contributed by atoms with Gasteiger partial charge in [-0.2, -0.15) is 0 Å². The number of nitrogens with zero attached hydrogens (tertiary/aromatic N) is 1. The van der Waals surface area contributed by atoms with Crippen molar-refractivity contribution in [3.8, 4) is 0 Å². The molecule has 0 radical (unpaired) electrons. The van der Waals surface area contributed by atoms with Crippen LogP contribution in [0.15, 0.2) is 36.4 Å². The number of rotatable bonds is 4. The van der Waals surface area contributed by atoms with E-state index in [2.05, 4.69) is 10.3 Å². The third kappa shape index (κ3) is 4.14. The molecule has 0 saturated heterocycles. The molecule has 2 aromatic carbocycles. The number of hydrogen-bond donors (Lipinski definition) is 1. The molecular formula is C24H26N2O3. The normalized spacial score (nSPS) is 11.9. The number of aryl methyl sites for hydroxylation is 5. The summed E-state index contributed by atoms with van der Waals surface area (Å²) in [6.45, 7) is 11.1. The number of benzene rings is 2. The highest BCUT2D eigenvalue weighted by molar-refractivity contribution is 6.01. The molecule has 0 spiro atoms. The number of esters is 1. The van der Waals surface area contributed by atoms with Crippen LogP contribution in [0.1, 0.15) is 45.2 Å². The number of amides is 1. The van der Waals surface area contributed by atoms with E-state index in [1.54, 1.807) is 13.8 Å². The molecule has 1 amide bonds. The number of pyridine rings is 1. The Balaban J connectivity index is 1.81. The second-order valence-corrected chi connectivity index (χ2v) is 7.52. The van der Waals surface area contributed by atoms with Crippen LogP contribution in [0.4, 0.5) is 5.69 Å². The predicted molar refractivity (Wildman–Crippen MR) is 115 cm³/mol. The maximum atomic E-state index is 12.8. The fourth-order valence-electron chi connectivity index (χ4n) is 3.71. The first-order valence-corrected chi connectivity index (χ1v) is 9.64. The Morgan fingerprint density at radius 3 is 2.28 bits per heavy atom. The first-order chi connectivity index (χ1) is 13.7. The third-order valence-corrected chi connectivity index (χ3v) is 5.12. The minimum absolute atomic E-state index is 0.363. The van der Waals surface area contributed by atoms with Gasteiger partial charge < -0.3 is 10.1 Å². The van der Waals surface area contributed by atoms with E-state index in [0.29, 0.717) is 11.3 Å². The molecule has 3 rings (SSSR count). The molecule has 1 aromatic heterocycles. The van der Waals surface area contributed by atoms with Crippen molar-refractivity contribution in [2.75, 3.05) is 5.32 Å². The lowest BCUT2D eigenvalue weighted by molar-refractivity contribution is -0.123. The van der Waals surface area contributed by atoms with E-state index in [9.17, 15) is 9.59 Å². The molecule has 3 aromatic rings. The zero-order valence-corrected chi connectivity index (χ0v) is 17.7. The van der Waals surface area contributed by atoms with Gasteiger partial charge in [-0.1, -0.05) is 35.9 Å². The Hall–Kier alpha value is -3.21. The topological polar surface area (TPSA) is 68.3 Å². The fraction of sp³-hybridized carbons (Fsp3) is 0.292. The van der Waals surface area contributed by atoms with E-state index in [-0.39, 0.29) is 5.91 Å². The molecule has 150 valence electrons. The second kappa shape index (κ2) is 8.03. The van der Waals surface area contributed by atoms with Gasteiger partial charge in [0.2, 0.25) is 0 Å². The molecule has 5 nitrogen and oxygen atoms in total. The highest BCUT2D eigenvalue weighted by Crippen LogP contribution is 2.25. The summed E-state index contributed by atoms with van der Waals surface area (Å²) in [4.78, 5) is 30.0. The van der Waals surface area contributed by atoms with Crippen LogP contribution in [-0.4, -0.2) is 23.0 Å². The van der Waals surface area contributed by atoms with Gasteiger partial charge >= 0.3 is 5.97 Å². The highest BCUT2D eigenvalue weighted by atomic mass is 16.5. The zero-order valence-electron chi connectivity index (χ0n) is 17.7.